The topological polar surface area (TPSA) is 0 Å². The zero-order valence-electron chi connectivity index (χ0n) is 7.19. The predicted molar refractivity (Wildman–Crippen MR) is 52.8 cm³/mol. The number of allylic oxidation sites excluding steroid dienone is 8. The molecule has 0 heteroatoms. The Balaban J connectivity index is 2.19. The van der Waals surface area contributed by atoms with Gasteiger partial charge >= 0.3 is 0 Å². The van der Waals surface area contributed by atoms with Crippen LogP contribution in [-0.4, -0.2) is 0 Å². The summed E-state index contributed by atoms with van der Waals surface area (Å²) in [6.45, 7) is 0. The summed E-state index contributed by atoms with van der Waals surface area (Å²) < 4.78 is 0. The quantitative estimate of drug-likeness (QED) is 0.475. The molecule has 0 N–H and O–H groups in total. The minimum absolute atomic E-state index is 0.531. The van der Waals surface area contributed by atoms with Crippen molar-refractivity contribution in [1.82, 2.24) is 0 Å². The minimum atomic E-state index is 0.531. The van der Waals surface area contributed by atoms with Crippen LogP contribution >= 0.6 is 0 Å². The number of rotatable bonds is 0. The summed E-state index contributed by atoms with van der Waals surface area (Å²) in [5, 5.41) is 0. The second-order valence-corrected chi connectivity index (χ2v) is 3.40. The summed E-state index contributed by atoms with van der Waals surface area (Å²) >= 11 is 0. The van der Waals surface area contributed by atoms with E-state index >= 15 is 0 Å². The monoisotopic (exact) mass is 158 g/mol. The van der Waals surface area contributed by atoms with Gasteiger partial charge in [-0.05, 0) is 18.8 Å². The van der Waals surface area contributed by atoms with Crippen molar-refractivity contribution < 1.29 is 0 Å². The van der Waals surface area contributed by atoms with Gasteiger partial charge in [-0.1, -0.05) is 48.6 Å². The van der Waals surface area contributed by atoms with Crippen molar-refractivity contribution in [3.05, 3.63) is 48.6 Å². The molecule has 0 atom stereocenters. The first-order chi connectivity index (χ1) is 5.95. The zero-order valence-corrected chi connectivity index (χ0v) is 7.19. The molecule has 0 nitrogen and oxygen atoms in total. The van der Waals surface area contributed by atoms with E-state index in [9.17, 15) is 0 Å². The summed E-state index contributed by atoms with van der Waals surface area (Å²) in [5.74, 6) is 1.21. The molecule has 12 heavy (non-hydrogen) atoms. The van der Waals surface area contributed by atoms with E-state index in [0.717, 1.165) is 0 Å². The molecule has 0 aromatic heterocycles. The van der Waals surface area contributed by atoms with Crippen LogP contribution in [0.5, 0.6) is 0 Å². The van der Waals surface area contributed by atoms with Crippen LogP contribution in [0.4, 0.5) is 0 Å². The van der Waals surface area contributed by atoms with E-state index in [4.69, 9.17) is 0 Å². The van der Waals surface area contributed by atoms with E-state index in [2.05, 4.69) is 48.6 Å². The molecule has 0 heterocycles. The van der Waals surface area contributed by atoms with Gasteiger partial charge in [-0.25, -0.2) is 0 Å². The maximum Gasteiger partial charge on any atom is 0.0131 e. The van der Waals surface area contributed by atoms with Gasteiger partial charge in [0.15, 0.2) is 0 Å². The van der Waals surface area contributed by atoms with Crippen molar-refractivity contribution in [2.45, 2.75) is 12.8 Å². The normalized spacial score (nSPS) is 38.0. The third kappa shape index (κ3) is 1.76. The van der Waals surface area contributed by atoms with Gasteiger partial charge in [0.25, 0.3) is 0 Å². The van der Waals surface area contributed by atoms with Crippen molar-refractivity contribution in [2.75, 3.05) is 0 Å². The summed E-state index contributed by atoms with van der Waals surface area (Å²) in [7, 11) is 0. The van der Waals surface area contributed by atoms with Crippen molar-refractivity contribution >= 4 is 0 Å². The fourth-order valence-electron chi connectivity index (χ4n) is 1.65. The van der Waals surface area contributed by atoms with Crippen LogP contribution in [0.25, 0.3) is 0 Å². The van der Waals surface area contributed by atoms with Crippen molar-refractivity contribution in [3.8, 4) is 0 Å². The Morgan fingerprint density at radius 1 is 0.833 bits per heavy atom. The van der Waals surface area contributed by atoms with Crippen molar-refractivity contribution in [3.63, 3.8) is 0 Å². The van der Waals surface area contributed by atoms with Crippen LogP contribution in [0.15, 0.2) is 48.6 Å². The molecule has 0 saturated heterocycles. The van der Waals surface area contributed by atoms with Gasteiger partial charge in [0.2, 0.25) is 0 Å². The molecule has 62 valence electrons. The predicted octanol–water partition coefficient (Wildman–Crippen LogP) is 3.25. The van der Waals surface area contributed by atoms with Gasteiger partial charge < -0.3 is 0 Å². The van der Waals surface area contributed by atoms with Gasteiger partial charge in [-0.2, -0.15) is 0 Å². The van der Waals surface area contributed by atoms with Crippen LogP contribution in [0.1, 0.15) is 12.8 Å². The van der Waals surface area contributed by atoms with Gasteiger partial charge in [-0.3, -0.25) is 0 Å². The molecule has 3 aliphatic carbocycles. The van der Waals surface area contributed by atoms with E-state index in [0.29, 0.717) is 11.8 Å². The molecule has 3 rings (SSSR count). The largest absolute Gasteiger partial charge is 0.0845 e. The van der Waals surface area contributed by atoms with Crippen LogP contribution < -0.4 is 0 Å². The van der Waals surface area contributed by atoms with Crippen LogP contribution in [-0.2, 0) is 0 Å². The highest BCUT2D eigenvalue weighted by molar-refractivity contribution is 5.21. The lowest BCUT2D eigenvalue weighted by atomic mass is 9.92. The van der Waals surface area contributed by atoms with Crippen molar-refractivity contribution in [1.29, 1.82) is 0 Å². The molecule has 0 radical (unpaired) electrons. The SMILES string of the molecule is C1=CC2C=CC1/C=C\C=C/CC2. The maximum absolute atomic E-state index is 2.33. The molecule has 2 bridgehead atoms. The fraction of sp³-hybridized carbons (Fsp3) is 0.333. The van der Waals surface area contributed by atoms with E-state index in [1.807, 2.05) is 0 Å². The zero-order chi connectivity index (χ0) is 8.23. The highest BCUT2D eigenvalue weighted by Gasteiger charge is 2.06. The minimum Gasteiger partial charge on any atom is -0.0845 e. The Morgan fingerprint density at radius 3 is 2.50 bits per heavy atom. The average Bonchev–Trinajstić information content (AvgIpc) is 2.16. The van der Waals surface area contributed by atoms with Crippen molar-refractivity contribution in [2.24, 2.45) is 11.8 Å². The maximum atomic E-state index is 2.33. The summed E-state index contributed by atoms with van der Waals surface area (Å²) in [5.41, 5.74) is 0. The first-order valence-corrected chi connectivity index (χ1v) is 4.65. The second kappa shape index (κ2) is 3.57. The summed E-state index contributed by atoms with van der Waals surface area (Å²) in [6, 6.07) is 0. The van der Waals surface area contributed by atoms with Crippen LogP contribution in [0.2, 0.25) is 0 Å². The van der Waals surface area contributed by atoms with Gasteiger partial charge in [0.05, 0.1) is 0 Å². The van der Waals surface area contributed by atoms with E-state index < -0.39 is 0 Å². The fourth-order valence-corrected chi connectivity index (χ4v) is 1.65. The first kappa shape index (κ1) is 7.60. The summed E-state index contributed by atoms with van der Waals surface area (Å²) in [4.78, 5) is 0. The number of fused-ring (bicyclic) bond motifs is 3. The molecule has 0 fully saturated rings. The average molecular weight is 158 g/mol. The molecular weight excluding hydrogens is 144 g/mol. The molecule has 0 aliphatic heterocycles. The molecule has 0 unspecified atom stereocenters. The van der Waals surface area contributed by atoms with Gasteiger partial charge in [0, 0.05) is 5.92 Å². The Bertz CT molecular complexity index is 239. The molecule has 0 spiro atoms. The molecule has 0 amide bonds. The number of hydrogen-bond acceptors (Lipinski definition) is 0. The van der Waals surface area contributed by atoms with Crippen LogP contribution in [0, 0.1) is 11.8 Å². The molecular formula is C12H14. The smallest absolute Gasteiger partial charge is 0.0131 e. The lowest BCUT2D eigenvalue weighted by molar-refractivity contribution is 0.700. The molecule has 0 aromatic carbocycles. The highest BCUT2D eigenvalue weighted by atomic mass is 14.1. The second-order valence-electron chi connectivity index (χ2n) is 3.40. The van der Waals surface area contributed by atoms with E-state index in [1.165, 1.54) is 12.8 Å². The van der Waals surface area contributed by atoms with E-state index in [1.54, 1.807) is 0 Å². The standard InChI is InChI=1S/C12H14/c1-2-4-6-12-9-7-11(5-3-1)8-10-12/h1-3,5,7-12H,4,6H2/b2-1-,5-3-. The Labute approximate surface area is 74.0 Å². The Kier molecular flexibility index (Phi) is 2.26. The lowest BCUT2D eigenvalue weighted by Gasteiger charge is -2.14. The van der Waals surface area contributed by atoms with Gasteiger partial charge in [-0.15, -0.1) is 0 Å². The first-order valence-electron chi connectivity index (χ1n) is 4.65. The Morgan fingerprint density at radius 2 is 1.67 bits per heavy atom. The lowest BCUT2D eigenvalue weighted by Crippen LogP contribution is -2.00. The molecule has 3 aliphatic rings. The van der Waals surface area contributed by atoms with Gasteiger partial charge in [0.1, 0.15) is 0 Å². The molecule has 0 aromatic rings. The number of hydrogen-bond donors (Lipinski definition) is 0. The third-order valence-corrected chi connectivity index (χ3v) is 2.41. The Hall–Kier alpha value is -1.04. The third-order valence-electron chi connectivity index (χ3n) is 2.41. The van der Waals surface area contributed by atoms with Crippen LogP contribution in [0.3, 0.4) is 0 Å². The molecule has 0 saturated carbocycles. The highest BCUT2D eigenvalue weighted by Crippen LogP contribution is 2.20. The summed E-state index contributed by atoms with van der Waals surface area (Å²) in [6.07, 6.45) is 20.5. The van der Waals surface area contributed by atoms with E-state index in [-0.39, 0.29) is 0 Å².